The molecule has 0 amide bonds. The maximum absolute atomic E-state index is 13.3. The molecule has 8 nitrogen and oxygen atoms in total. The Hall–Kier alpha value is -4.24. The Bertz CT molecular complexity index is 1640. The molecular weight excluding hydrogens is 514 g/mol. The zero-order valence-electron chi connectivity index (χ0n) is 18.4. The van der Waals surface area contributed by atoms with E-state index < -0.39 is 12.1 Å². The van der Waals surface area contributed by atoms with E-state index in [0.29, 0.717) is 38.0 Å². The third-order valence-corrected chi connectivity index (χ3v) is 5.95. The van der Waals surface area contributed by atoms with Gasteiger partial charge in [-0.25, -0.2) is 9.78 Å². The highest BCUT2D eigenvalue weighted by molar-refractivity contribution is 9.10. The Morgan fingerprint density at radius 3 is 2.69 bits per heavy atom. The Morgan fingerprint density at radius 1 is 1.14 bits per heavy atom. The highest BCUT2D eigenvalue weighted by Crippen LogP contribution is 2.28. The number of halogens is 1. The summed E-state index contributed by atoms with van der Waals surface area (Å²) in [6.45, 7) is 1.45. The van der Waals surface area contributed by atoms with Gasteiger partial charge < -0.3 is 14.3 Å². The van der Waals surface area contributed by atoms with Crippen molar-refractivity contribution in [2.24, 2.45) is 5.10 Å². The molecule has 174 valence electrons. The number of fused-ring (bicyclic) bond motifs is 2. The molecule has 5 rings (SSSR count). The van der Waals surface area contributed by atoms with Gasteiger partial charge in [0.05, 0.1) is 21.6 Å². The van der Waals surface area contributed by atoms with Crippen molar-refractivity contribution in [3.8, 4) is 17.3 Å². The van der Waals surface area contributed by atoms with Crippen LogP contribution in [-0.2, 0) is 4.79 Å². The van der Waals surface area contributed by atoms with Gasteiger partial charge in [-0.2, -0.15) is 9.78 Å². The first kappa shape index (κ1) is 22.5. The van der Waals surface area contributed by atoms with Gasteiger partial charge >= 0.3 is 5.97 Å². The summed E-state index contributed by atoms with van der Waals surface area (Å²) in [4.78, 5) is 29.1. The minimum absolute atomic E-state index is 0.274. The smallest absolute Gasteiger partial charge is 0.344 e. The molecule has 0 bridgehead atoms. The highest BCUT2D eigenvalue weighted by atomic mass is 79.9. The van der Waals surface area contributed by atoms with E-state index in [1.165, 1.54) is 17.8 Å². The Balaban J connectivity index is 1.59. The molecule has 0 aliphatic heterocycles. The fourth-order valence-corrected chi connectivity index (χ4v) is 4.03. The van der Waals surface area contributed by atoms with Crippen molar-refractivity contribution < 1.29 is 19.1 Å². The van der Waals surface area contributed by atoms with E-state index >= 15 is 0 Å². The quantitative estimate of drug-likeness (QED) is 0.297. The lowest BCUT2D eigenvalue weighted by molar-refractivity contribution is -0.144. The predicted molar refractivity (Wildman–Crippen MR) is 136 cm³/mol. The SMILES string of the molecule is C[C@@H](Oc1ccc(C=Nn2c(-c3cc4ccccc4o3)nc3ccccc3c2=O)cc1Br)C(=O)O. The number of aliphatic carboxylic acids is 1. The van der Waals surface area contributed by atoms with E-state index in [9.17, 15) is 9.59 Å². The van der Waals surface area contributed by atoms with Crippen LogP contribution in [0.2, 0.25) is 0 Å². The van der Waals surface area contributed by atoms with Crippen LogP contribution in [0.4, 0.5) is 0 Å². The molecule has 0 aliphatic rings. The lowest BCUT2D eigenvalue weighted by Gasteiger charge is -2.12. The minimum Gasteiger partial charge on any atom is -0.479 e. The fraction of sp³-hybridized carbons (Fsp3) is 0.0769. The van der Waals surface area contributed by atoms with Gasteiger partial charge in [0.25, 0.3) is 5.56 Å². The first-order chi connectivity index (χ1) is 16.9. The molecule has 35 heavy (non-hydrogen) atoms. The van der Waals surface area contributed by atoms with Crippen molar-refractivity contribution in [2.75, 3.05) is 0 Å². The molecule has 0 aliphatic carbocycles. The van der Waals surface area contributed by atoms with Crippen LogP contribution in [0.1, 0.15) is 12.5 Å². The van der Waals surface area contributed by atoms with Crippen LogP contribution in [0.15, 0.2) is 91.6 Å². The van der Waals surface area contributed by atoms with Crippen LogP contribution in [-0.4, -0.2) is 33.1 Å². The summed E-state index contributed by atoms with van der Waals surface area (Å²) in [5.41, 5.74) is 1.53. The molecule has 2 heterocycles. The van der Waals surface area contributed by atoms with Crippen molar-refractivity contribution in [3.63, 3.8) is 0 Å². The summed E-state index contributed by atoms with van der Waals surface area (Å²) in [6, 6.07) is 21.5. The van der Waals surface area contributed by atoms with Gasteiger partial charge in [0, 0.05) is 5.39 Å². The second kappa shape index (κ2) is 9.19. The van der Waals surface area contributed by atoms with Crippen molar-refractivity contribution in [1.29, 1.82) is 0 Å². The largest absolute Gasteiger partial charge is 0.479 e. The van der Waals surface area contributed by atoms with Crippen LogP contribution < -0.4 is 10.3 Å². The standard InChI is InChI=1S/C26H18BrN3O5/c1-15(26(32)33)34-22-11-10-16(12-19(22)27)14-28-30-24(23-13-17-6-2-5-9-21(17)35-23)29-20-8-4-3-7-18(20)25(30)31/h2-15H,1H3,(H,32,33)/t15-/m1/s1. The molecule has 0 unspecified atom stereocenters. The van der Waals surface area contributed by atoms with Gasteiger partial charge in [0.2, 0.25) is 5.82 Å². The number of carboxylic acids is 1. The van der Waals surface area contributed by atoms with Crippen molar-refractivity contribution in [2.45, 2.75) is 13.0 Å². The van der Waals surface area contributed by atoms with Crippen LogP contribution in [0.3, 0.4) is 0 Å². The average Bonchev–Trinajstić information content (AvgIpc) is 3.29. The van der Waals surface area contributed by atoms with E-state index in [2.05, 4.69) is 26.0 Å². The number of nitrogens with zero attached hydrogens (tertiary/aromatic N) is 3. The zero-order chi connectivity index (χ0) is 24.5. The summed E-state index contributed by atoms with van der Waals surface area (Å²) < 4.78 is 13.2. The lowest BCUT2D eigenvalue weighted by Crippen LogP contribution is -2.23. The second-order valence-electron chi connectivity index (χ2n) is 7.75. The number of hydrogen-bond acceptors (Lipinski definition) is 6. The number of para-hydroxylation sites is 2. The molecule has 1 N–H and O–H groups in total. The molecule has 9 heteroatoms. The van der Waals surface area contributed by atoms with Crippen LogP contribution >= 0.6 is 15.9 Å². The topological polar surface area (TPSA) is 107 Å². The summed E-state index contributed by atoms with van der Waals surface area (Å²) >= 11 is 3.39. The predicted octanol–water partition coefficient (Wildman–Crippen LogP) is 5.31. The van der Waals surface area contributed by atoms with Gasteiger partial charge in [-0.3, -0.25) is 4.79 Å². The second-order valence-corrected chi connectivity index (χ2v) is 8.61. The molecular formula is C26H18BrN3O5. The summed E-state index contributed by atoms with van der Waals surface area (Å²) in [6.07, 6.45) is 0.513. The van der Waals surface area contributed by atoms with Gasteiger partial charge in [-0.15, -0.1) is 0 Å². The van der Waals surface area contributed by atoms with E-state index in [-0.39, 0.29) is 11.4 Å². The highest BCUT2D eigenvalue weighted by Gasteiger charge is 2.17. The first-order valence-electron chi connectivity index (χ1n) is 10.6. The van der Waals surface area contributed by atoms with Gasteiger partial charge in [0.15, 0.2) is 11.9 Å². The first-order valence-corrected chi connectivity index (χ1v) is 11.4. The summed E-state index contributed by atoms with van der Waals surface area (Å²) in [7, 11) is 0. The fourth-order valence-electron chi connectivity index (χ4n) is 3.54. The van der Waals surface area contributed by atoms with Crippen LogP contribution in [0.5, 0.6) is 5.75 Å². The van der Waals surface area contributed by atoms with Gasteiger partial charge in [-0.1, -0.05) is 30.3 Å². The average molecular weight is 532 g/mol. The maximum Gasteiger partial charge on any atom is 0.344 e. The van der Waals surface area contributed by atoms with E-state index in [0.717, 1.165) is 5.39 Å². The zero-order valence-corrected chi connectivity index (χ0v) is 20.0. The molecule has 0 saturated heterocycles. The number of carbonyl (C=O) groups is 1. The molecule has 0 saturated carbocycles. The van der Waals surface area contributed by atoms with E-state index in [1.807, 2.05) is 36.4 Å². The molecule has 5 aromatic rings. The number of furan rings is 1. The number of benzene rings is 3. The summed E-state index contributed by atoms with van der Waals surface area (Å²) in [5.74, 6) is 0.00244. The number of hydrogen-bond donors (Lipinski definition) is 1. The Labute approximate surface area is 207 Å². The third kappa shape index (κ3) is 4.45. The Kier molecular flexibility index (Phi) is 5.92. The lowest BCUT2D eigenvalue weighted by atomic mass is 10.2. The van der Waals surface area contributed by atoms with Crippen LogP contribution in [0.25, 0.3) is 33.5 Å². The normalized spacial score (nSPS) is 12.4. The third-order valence-electron chi connectivity index (χ3n) is 5.33. The van der Waals surface area contributed by atoms with Crippen molar-refractivity contribution in [1.82, 2.24) is 9.66 Å². The maximum atomic E-state index is 13.3. The Morgan fingerprint density at radius 2 is 1.91 bits per heavy atom. The molecule has 2 aromatic heterocycles. The van der Waals surface area contributed by atoms with Gasteiger partial charge in [-0.05, 0) is 70.9 Å². The molecule has 3 aromatic carbocycles. The summed E-state index contributed by atoms with van der Waals surface area (Å²) in [5, 5.41) is 14.8. The number of ether oxygens (including phenoxy) is 1. The van der Waals surface area contributed by atoms with Crippen molar-refractivity contribution >= 4 is 50.0 Å². The van der Waals surface area contributed by atoms with Crippen molar-refractivity contribution in [3.05, 3.63) is 93.2 Å². The molecule has 0 spiro atoms. The van der Waals surface area contributed by atoms with E-state index in [1.54, 1.807) is 36.4 Å². The number of aromatic nitrogens is 2. The van der Waals surface area contributed by atoms with Crippen LogP contribution in [0, 0.1) is 0 Å². The number of rotatable bonds is 6. The minimum atomic E-state index is -1.07. The monoisotopic (exact) mass is 531 g/mol. The van der Waals surface area contributed by atoms with E-state index in [4.69, 9.17) is 14.3 Å². The molecule has 1 atom stereocenters. The number of carboxylic acid groups (broad SMARTS) is 1. The van der Waals surface area contributed by atoms with Gasteiger partial charge in [0.1, 0.15) is 11.3 Å². The molecule has 0 fully saturated rings. The molecule has 0 radical (unpaired) electrons.